The summed E-state index contributed by atoms with van der Waals surface area (Å²) in [7, 11) is 0. The van der Waals surface area contributed by atoms with Crippen LogP contribution in [0.5, 0.6) is 0 Å². The van der Waals surface area contributed by atoms with Gasteiger partial charge in [-0.05, 0) is 30.5 Å². The first kappa shape index (κ1) is 17.1. The predicted octanol–water partition coefficient (Wildman–Crippen LogP) is 2.95. The van der Waals surface area contributed by atoms with Gasteiger partial charge in [-0.1, -0.05) is 11.2 Å². The molecule has 6 nitrogen and oxygen atoms in total. The van der Waals surface area contributed by atoms with Crippen LogP contribution in [-0.4, -0.2) is 33.6 Å². The third kappa shape index (κ3) is 4.20. The van der Waals surface area contributed by atoms with Gasteiger partial charge in [-0.25, -0.2) is 8.78 Å². The topological polar surface area (TPSA) is 83.6 Å². The van der Waals surface area contributed by atoms with E-state index < -0.39 is 23.5 Å². The second-order valence-electron chi connectivity index (χ2n) is 6.01. The van der Waals surface area contributed by atoms with Gasteiger partial charge in [0.05, 0.1) is 6.42 Å². The summed E-state index contributed by atoms with van der Waals surface area (Å²) in [5, 5.41) is 12.6. The molecule has 25 heavy (non-hydrogen) atoms. The minimum Gasteiger partial charge on any atom is -0.481 e. The van der Waals surface area contributed by atoms with Crippen molar-refractivity contribution in [3.8, 4) is 0 Å². The summed E-state index contributed by atoms with van der Waals surface area (Å²) in [6.45, 7) is -0.145. The Morgan fingerprint density at radius 3 is 2.64 bits per heavy atom. The fourth-order valence-electron chi connectivity index (χ4n) is 2.45. The molecule has 0 atom stereocenters. The lowest BCUT2D eigenvalue weighted by Crippen LogP contribution is -2.33. The molecular weight excluding hydrogens is 334 g/mol. The first-order valence-electron chi connectivity index (χ1n) is 7.85. The van der Waals surface area contributed by atoms with E-state index in [0.717, 1.165) is 25.0 Å². The van der Waals surface area contributed by atoms with E-state index in [0.29, 0.717) is 11.3 Å². The van der Waals surface area contributed by atoms with Gasteiger partial charge in [-0.3, -0.25) is 9.59 Å². The molecule has 8 heteroatoms. The normalized spacial score (nSPS) is 13.7. The molecule has 0 unspecified atom stereocenters. The molecule has 132 valence electrons. The maximum absolute atomic E-state index is 13.4. The maximum atomic E-state index is 13.4. The summed E-state index contributed by atoms with van der Waals surface area (Å²) in [4.78, 5) is 24.7. The molecule has 1 heterocycles. The van der Waals surface area contributed by atoms with Crippen LogP contribution in [0.25, 0.3) is 0 Å². The molecule has 2 aromatic rings. The SMILES string of the molecule is O=C(O)CCN(Cc1ccc(F)c(F)c1)C(=O)c1cc(C2CC2)on1. The van der Waals surface area contributed by atoms with Crippen LogP contribution < -0.4 is 0 Å². The third-order valence-electron chi connectivity index (χ3n) is 3.97. The van der Waals surface area contributed by atoms with Gasteiger partial charge in [0.1, 0.15) is 5.76 Å². The number of amides is 1. The van der Waals surface area contributed by atoms with E-state index in [9.17, 15) is 18.4 Å². The van der Waals surface area contributed by atoms with Crippen molar-refractivity contribution >= 4 is 11.9 Å². The van der Waals surface area contributed by atoms with E-state index in [1.54, 1.807) is 6.07 Å². The Kier molecular flexibility index (Phi) is 4.78. The van der Waals surface area contributed by atoms with Gasteiger partial charge in [0.2, 0.25) is 0 Å². The van der Waals surface area contributed by atoms with Crippen molar-refractivity contribution in [3.63, 3.8) is 0 Å². The lowest BCUT2D eigenvalue weighted by Gasteiger charge is -2.21. The Labute approximate surface area is 142 Å². The molecule has 1 aromatic carbocycles. The van der Waals surface area contributed by atoms with Gasteiger partial charge < -0.3 is 14.5 Å². The molecule has 0 aliphatic heterocycles. The Bertz CT molecular complexity index is 802. The number of benzene rings is 1. The molecule has 0 saturated heterocycles. The number of carbonyl (C=O) groups is 2. The summed E-state index contributed by atoms with van der Waals surface area (Å²) in [6.07, 6.45) is 1.70. The molecular formula is C17H16F2N2O4. The average Bonchev–Trinajstić information content (AvgIpc) is 3.31. The predicted molar refractivity (Wildman–Crippen MR) is 81.8 cm³/mol. The van der Waals surface area contributed by atoms with Crippen molar-refractivity contribution in [2.24, 2.45) is 0 Å². The van der Waals surface area contributed by atoms with Crippen LogP contribution in [0, 0.1) is 11.6 Å². The molecule has 1 saturated carbocycles. The van der Waals surface area contributed by atoms with Gasteiger partial charge in [-0.15, -0.1) is 0 Å². The third-order valence-corrected chi connectivity index (χ3v) is 3.97. The smallest absolute Gasteiger partial charge is 0.305 e. The summed E-state index contributed by atoms with van der Waals surface area (Å²) in [6, 6.07) is 4.84. The number of nitrogens with zero attached hydrogens (tertiary/aromatic N) is 2. The molecule has 1 aromatic heterocycles. The van der Waals surface area contributed by atoms with Crippen LogP contribution in [0.3, 0.4) is 0 Å². The number of hydrogen-bond donors (Lipinski definition) is 1. The van der Waals surface area contributed by atoms with Crippen molar-refractivity contribution in [2.75, 3.05) is 6.54 Å². The lowest BCUT2D eigenvalue weighted by molar-refractivity contribution is -0.137. The number of hydrogen-bond acceptors (Lipinski definition) is 4. The van der Waals surface area contributed by atoms with Gasteiger partial charge in [-0.2, -0.15) is 0 Å². The van der Waals surface area contributed by atoms with E-state index in [4.69, 9.17) is 9.63 Å². The highest BCUT2D eigenvalue weighted by Gasteiger charge is 2.30. The molecule has 1 fully saturated rings. The van der Waals surface area contributed by atoms with E-state index in [2.05, 4.69) is 5.16 Å². The Morgan fingerprint density at radius 1 is 1.24 bits per heavy atom. The second-order valence-corrected chi connectivity index (χ2v) is 6.01. The highest BCUT2D eigenvalue weighted by Crippen LogP contribution is 2.40. The van der Waals surface area contributed by atoms with Gasteiger partial charge in [0.25, 0.3) is 5.91 Å². The summed E-state index contributed by atoms with van der Waals surface area (Å²) < 4.78 is 31.6. The van der Waals surface area contributed by atoms with Crippen LogP contribution in [0.4, 0.5) is 8.78 Å². The first-order chi connectivity index (χ1) is 11.9. The first-order valence-corrected chi connectivity index (χ1v) is 7.85. The average molecular weight is 350 g/mol. The molecule has 0 radical (unpaired) electrons. The van der Waals surface area contributed by atoms with Crippen LogP contribution in [0.15, 0.2) is 28.8 Å². The standard InChI is InChI=1S/C17H16F2N2O4/c18-12-4-1-10(7-13(12)19)9-21(6-5-16(22)23)17(24)14-8-15(25-20-14)11-2-3-11/h1,4,7-8,11H,2-3,5-6,9H2,(H,22,23). The zero-order valence-electron chi connectivity index (χ0n) is 13.2. The van der Waals surface area contributed by atoms with E-state index in [1.165, 1.54) is 11.0 Å². The number of carbonyl (C=O) groups excluding carboxylic acids is 1. The fraction of sp³-hybridized carbons (Fsp3) is 0.353. The zero-order valence-corrected chi connectivity index (χ0v) is 13.2. The van der Waals surface area contributed by atoms with Crippen LogP contribution >= 0.6 is 0 Å². The Balaban J connectivity index is 1.78. The Morgan fingerprint density at radius 2 is 2.00 bits per heavy atom. The quantitative estimate of drug-likeness (QED) is 0.830. The molecule has 0 bridgehead atoms. The van der Waals surface area contributed by atoms with Gasteiger partial charge in [0.15, 0.2) is 17.3 Å². The van der Waals surface area contributed by atoms with Gasteiger partial charge in [0, 0.05) is 25.1 Å². The van der Waals surface area contributed by atoms with Crippen molar-refractivity contribution in [1.29, 1.82) is 0 Å². The minimum atomic E-state index is -1.07. The zero-order chi connectivity index (χ0) is 18.0. The molecule has 1 amide bonds. The second kappa shape index (κ2) is 7.00. The number of carboxylic acid groups (broad SMARTS) is 1. The van der Waals surface area contributed by atoms with Crippen LogP contribution in [-0.2, 0) is 11.3 Å². The van der Waals surface area contributed by atoms with Crippen molar-refractivity contribution in [2.45, 2.75) is 31.7 Å². The van der Waals surface area contributed by atoms with E-state index in [1.807, 2.05) is 0 Å². The van der Waals surface area contributed by atoms with Crippen molar-refractivity contribution in [1.82, 2.24) is 10.1 Å². The Hall–Kier alpha value is -2.77. The number of rotatable bonds is 7. The van der Waals surface area contributed by atoms with Crippen molar-refractivity contribution in [3.05, 3.63) is 52.9 Å². The highest BCUT2D eigenvalue weighted by atomic mass is 19.2. The molecule has 0 spiro atoms. The lowest BCUT2D eigenvalue weighted by atomic mass is 10.2. The fourth-order valence-corrected chi connectivity index (χ4v) is 2.45. The minimum absolute atomic E-state index is 0.0606. The molecule has 1 aliphatic carbocycles. The molecule has 1 N–H and O–H groups in total. The molecule has 1 aliphatic rings. The van der Waals surface area contributed by atoms with E-state index >= 15 is 0 Å². The van der Waals surface area contributed by atoms with Crippen molar-refractivity contribution < 1.29 is 28.0 Å². The summed E-state index contributed by atoms with van der Waals surface area (Å²) >= 11 is 0. The maximum Gasteiger partial charge on any atom is 0.305 e. The molecule has 3 rings (SSSR count). The van der Waals surface area contributed by atoms with E-state index in [-0.39, 0.29) is 31.1 Å². The summed E-state index contributed by atoms with van der Waals surface area (Å²) in [5.74, 6) is -2.68. The number of aromatic nitrogens is 1. The number of carboxylic acids is 1. The number of aliphatic carboxylic acids is 1. The largest absolute Gasteiger partial charge is 0.481 e. The van der Waals surface area contributed by atoms with Crippen LogP contribution in [0.1, 0.15) is 47.0 Å². The van der Waals surface area contributed by atoms with Gasteiger partial charge >= 0.3 is 5.97 Å². The highest BCUT2D eigenvalue weighted by molar-refractivity contribution is 5.92. The monoisotopic (exact) mass is 350 g/mol. The number of halogens is 2. The van der Waals surface area contributed by atoms with Crippen LogP contribution in [0.2, 0.25) is 0 Å². The summed E-state index contributed by atoms with van der Waals surface area (Å²) in [5.41, 5.74) is 0.429.